The van der Waals surface area contributed by atoms with Crippen molar-refractivity contribution in [3.05, 3.63) is 95.1 Å². The molecule has 2 aliphatic rings. The van der Waals surface area contributed by atoms with Gasteiger partial charge in [0.1, 0.15) is 30.5 Å². The first-order chi connectivity index (χ1) is 18.5. The number of ketones is 1. The molecule has 2 heterocycles. The summed E-state index contributed by atoms with van der Waals surface area (Å²) in [4.78, 5) is 29.8. The van der Waals surface area contributed by atoms with Crippen molar-refractivity contribution in [2.45, 2.75) is 12.6 Å². The van der Waals surface area contributed by atoms with Crippen molar-refractivity contribution in [2.24, 2.45) is 0 Å². The third-order valence-electron chi connectivity index (χ3n) is 6.85. The van der Waals surface area contributed by atoms with Crippen LogP contribution in [0, 0.1) is 0 Å². The minimum atomic E-state index is -0.765. The molecule has 0 aromatic heterocycles. The predicted molar refractivity (Wildman–Crippen MR) is 143 cm³/mol. The highest BCUT2D eigenvalue weighted by Crippen LogP contribution is 2.41. The van der Waals surface area contributed by atoms with Crippen LogP contribution >= 0.6 is 0 Å². The van der Waals surface area contributed by atoms with Gasteiger partial charge >= 0.3 is 0 Å². The van der Waals surface area contributed by atoms with Crippen LogP contribution in [-0.4, -0.2) is 62.2 Å². The van der Waals surface area contributed by atoms with Crippen molar-refractivity contribution in [2.75, 3.05) is 45.4 Å². The van der Waals surface area contributed by atoms with E-state index in [4.69, 9.17) is 14.2 Å². The molecule has 0 spiro atoms. The number of methoxy groups -OCH3 is 1. The summed E-state index contributed by atoms with van der Waals surface area (Å²) in [5.41, 5.74) is 3.03. The Kier molecular flexibility index (Phi) is 7.33. The highest BCUT2D eigenvalue weighted by molar-refractivity contribution is 6.46. The van der Waals surface area contributed by atoms with Crippen LogP contribution in [0.3, 0.4) is 0 Å². The molecule has 1 saturated heterocycles. The SMILES string of the molecule is COCCN1C(=O)C(=O)/C(=C(\O)c2ccc3c(c2)N(C)CCO3)C1c1ccc(OCc2ccccc2)cc1. The van der Waals surface area contributed by atoms with Crippen molar-refractivity contribution >= 4 is 23.1 Å². The molecule has 5 rings (SSSR count). The van der Waals surface area contributed by atoms with Gasteiger partial charge in [0.2, 0.25) is 0 Å². The van der Waals surface area contributed by atoms with E-state index in [1.807, 2.05) is 54.4 Å². The molecule has 1 fully saturated rings. The lowest BCUT2D eigenvalue weighted by Crippen LogP contribution is -2.32. The second kappa shape index (κ2) is 11.0. The molecular weight excluding hydrogens is 484 g/mol. The van der Waals surface area contributed by atoms with Crippen LogP contribution in [0.15, 0.2) is 78.4 Å². The zero-order valence-electron chi connectivity index (χ0n) is 21.4. The van der Waals surface area contributed by atoms with Gasteiger partial charge in [0.25, 0.3) is 11.7 Å². The molecular formula is C30H30N2O6. The standard InChI is InChI=1S/C30H30N2O6/c1-31-14-17-37-25-13-10-22(18-24(25)31)28(33)26-27(32(15-16-36-2)30(35)29(26)34)21-8-11-23(12-9-21)38-19-20-6-4-3-5-7-20/h3-13,18,27,33H,14-17,19H2,1-2H3/b28-26-. The fraction of sp³-hybridized carbons (Fsp3) is 0.267. The molecule has 1 unspecified atom stereocenters. The van der Waals surface area contributed by atoms with Gasteiger partial charge in [-0.2, -0.15) is 0 Å². The molecule has 0 radical (unpaired) electrons. The van der Waals surface area contributed by atoms with Gasteiger partial charge < -0.3 is 29.1 Å². The number of hydrogen-bond donors (Lipinski definition) is 1. The Hall–Kier alpha value is -4.30. The summed E-state index contributed by atoms with van der Waals surface area (Å²) in [5, 5.41) is 11.4. The number of carbonyl (C=O) groups excluding carboxylic acids is 2. The number of carbonyl (C=O) groups is 2. The number of aliphatic hydroxyl groups excluding tert-OH is 1. The number of nitrogens with zero attached hydrogens (tertiary/aromatic N) is 2. The number of fused-ring (bicyclic) bond motifs is 1. The monoisotopic (exact) mass is 514 g/mol. The van der Waals surface area contributed by atoms with E-state index in [0.29, 0.717) is 42.4 Å². The zero-order chi connectivity index (χ0) is 26.6. The lowest BCUT2D eigenvalue weighted by molar-refractivity contribution is -0.140. The summed E-state index contributed by atoms with van der Waals surface area (Å²) in [7, 11) is 3.48. The average Bonchev–Trinajstić information content (AvgIpc) is 3.20. The second-order valence-corrected chi connectivity index (χ2v) is 9.28. The van der Waals surface area contributed by atoms with E-state index in [0.717, 1.165) is 11.3 Å². The molecule has 1 N–H and O–H groups in total. The van der Waals surface area contributed by atoms with Gasteiger partial charge in [0.15, 0.2) is 0 Å². The number of anilines is 1. The van der Waals surface area contributed by atoms with Gasteiger partial charge in [-0.05, 0) is 41.5 Å². The number of rotatable bonds is 8. The number of amides is 1. The maximum absolute atomic E-state index is 13.2. The predicted octanol–water partition coefficient (Wildman–Crippen LogP) is 4.16. The third kappa shape index (κ3) is 4.95. The average molecular weight is 515 g/mol. The normalized spacial score (nSPS) is 18.3. The number of ether oxygens (including phenoxy) is 3. The highest BCUT2D eigenvalue weighted by Gasteiger charge is 2.46. The third-order valence-corrected chi connectivity index (χ3v) is 6.85. The number of hydrogen-bond acceptors (Lipinski definition) is 7. The lowest BCUT2D eigenvalue weighted by Gasteiger charge is -2.28. The number of likely N-dealkylation sites (tertiary alicyclic amines) is 1. The van der Waals surface area contributed by atoms with Crippen molar-refractivity contribution in [1.82, 2.24) is 4.90 Å². The van der Waals surface area contributed by atoms with Crippen LogP contribution in [0.2, 0.25) is 0 Å². The molecule has 38 heavy (non-hydrogen) atoms. The van der Waals surface area contributed by atoms with Crippen LogP contribution in [0.25, 0.3) is 5.76 Å². The minimum Gasteiger partial charge on any atom is -0.507 e. The Morgan fingerprint density at radius 3 is 2.55 bits per heavy atom. The molecule has 0 bridgehead atoms. The number of aliphatic hydroxyl groups is 1. The van der Waals surface area contributed by atoms with Crippen LogP contribution in [0.1, 0.15) is 22.7 Å². The van der Waals surface area contributed by atoms with E-state index >= 15 is 0 Å². The van der Waals surface area contributed by atoms with Crippen LogP contribution in [0.4, 0.5) is 5.69 Å². The van der Waals surface area contributed by atoms with Crippen molar-refractivity contribution in [3.63, 3.8) is 0 Å². The number of Topliss-reactive ketones (excluding diaryl/α,β-unsaturated/α-hetero) is 1. The lowest BCUT2D eigenvalue weighted by atomic mass is 9.95. The van der Waals surface area contributed by atoms with Crippen molar-refractivity contribution in [3.8, 4) is 11.5 Å². The van der Waals surface area contributed by atoms with Crippen molar-refractivity contribution < 1.29 is 28.9 Å². The smallest absolute Gasteiger partial charge is 0.295 e. The van der Waals surface area contributed by atoms with Crippen molar-refractivity contribution in [1.29, 1.82) is 0 Å². The fourth-order valence-electron chi connectivity index (χ4n) is 4.79. The van der Waals surface area contributed by atoms with Gasteiger partial charge in [0, 0.05) is 26.3 Å². The van der Waals surface area contributed by atoms with Crippen LogP contribution < -0.4 is 14.4 Å². The Morgan fingerprint density at radius 2 is 1.82 bits per heavy atom. The summed E-state index contributed by atoms with van der Waals surface area (Å²) >= 11 is 0. The van der Waals surface area contributed by atoms with Crippen LogP contribution in [0.5, 0.6) is 11.5 Å². The Morgan fingerprint density at radius 1 is 1.05 bits per heavy atom. The molecule has 8 heteroatoms. The molecule has 3 aromatic rings. The molecule has 196 valence electrons. The first kappa shape index (κ1) is 25.4. The summed E-state index contributed by atoms with van der Waals surface area (Å²) in [6.07, 6.45) is 0. The Labute approximate surface area is 221 Å². The summed E-state index contributed by atoms with van der Waals surface area (Å²) in [5.74, 6) is -0.256. The van der Waals surface area contributed by atoms with Gasteiger partial charge in [0.05, 0.1) is 30.5 Å². The number of benzene rings is 3. The molecule has 1 amide bonds. The molecule has 8 nitrogen and oxygen atoms in total. The van der Waals surface area contributed by atoms with Gasteiger partial charge in [-0.15, -0.1) is 0 Å². The van der Waals surface area contributed by atoms with E-state index in [1.165, 1.54) is 12.0 Å². The summed E-state index contributed by atoms with van der Waals surface area (Å²) < 4.78 is 16.8. The van der Waals surface area contributed by atoms with E-state index in [2.05, 4.69) is 0 Å². The van der Waals surface area contributed by atoms with E-state index in [9.17, 15) is 14.7 Å². The first-order valence-electron chi connectivity index (χ1n) is 12.5. The Bertz CT molecular complexity index is 1350. The fourth-order valence-corrected chi connectivity index (χ4v) is 4.79. The first-order valence-corrected chi connectivity index (χ1v) is 12.5. The van der Waals surface area contributed by atoms with E-state index < -0.39 is 17.7 Å². The maximum atomic E-state index is 13.2. The molecule has 3 aromatic carbocycles. The zero-order valence-corrected chi connectivity index (χ0v) is 21.4. The van der Waals surface area contributed by atoms with Gasteiger partial charge in [-0.25, -0.2) is 0 Å². The van der Waals surface area contributed by atoms with Gasteiger partial charge in [-0.3, -0.25) is 9.59 Å². The minimum absolute atomic E-state index is 0.0448. The quantitative estimate of drug-likeness (QED) is 0.274. The van der Waals surface area contributed by atoms with E-state index in [-0.39, 0.29) is 24.5 Å². The highest BCUT2D eigenvalue weighted by atomic mass is 16.5. The number of likely N-dealkylation sites (N-methyl/N-ethyl adjacent to an activating group) is 1. The van der Waals surface area contributed by atoms with Crippen LogP contribution in [-0.2, 0) is 20.9 Å². The second-order valence-electron chi connectivity index (χ2n) is 9.28. The molecule has 0 saturated carbocycles. The summed E-state index contributed by atoms with van der Waals surface area (Å²) in [6.45, 7) is 2.16. The topological polar surface area (TPSA) is 88.5 Å². The molecule has 0 aliphatic carbocycles. The largest absolute Gasteiger partial charge is 0.507 e. The van der Waals surface area contributed by atoms with E-state index in [1.54, 1.807) is 30.3 Å². The Balaban J connectivity index is 1.49. The summed E-state index contributed by atoms with van der Waals surface area (Å²) in [6, 6.07) is 21.6. The molecule has 2 aliphatic heterocycles. The maximum Gasteiger partial charge on any atom is 0.295 e. The molecule has 1 atom stereocenters. The van der Waals surface area contributed by atoms with Gasteiger partial charge in [-0.1, -0.05) is 42.5 Å².